The second-order valence-electron chi connectivity index (χ2n) is 7.98. The summed E-state index contributed by atoms with van der Waals surface area (Å²) in [7, 11) is -4.97. The minimum Gasteiger partial charge on any atom is -0.322 e. The minimum atomic E-state index is -3.64. The molecule has 0 saturated carbocycles. The molecule has 2 aromatic rings. The van der Waals surface area contributed by atoms with Crippen molar-refractivity contribution in [2.45, 2.75) is 11.3 Å². The molecule has 0 aromatic heterocycles. The highest BCUT2D eigenvalue weighted by Gasteiger charge is 2.29. The number of rotatable bonds is 5. The first kappa shape index (κ1) is 22.7. The summed E-state index contributed by atoms with van der Waals surface area (Å²) in [5.74, 6) is -0.280. The summed E-state index contributed by atoms with van der Waals surface area (Å²) in [6.07, 6.45) is 0.581. The van der Waals surface area contributed by atoms with E-state index in [1.807, 2.05) is 7.05 Å². The van der Waals surface area contributed by atoms with Gasteiger partial charge < -0.3 is 10.2 Å². The Bertz CT molecular complexity index is 1210. The zero-order valence-electron chi connectivity index (χ0n) is 17.8. The predicted molar refractivity (Wildman–Crippen MR) is 123 cm³/mol. The van der Waals surface area contributed by atoms with Gasteiger partial charge >= 0.3 is 0 Å². The van der Waals surface area contributed by atoms with Gasteiger partial charge in [-0.15, -0.1) is 0 Å². The maximum absolute atomic E-state index is 13.0. The fourth-order valence-electron chi connectivity index (χ4n) is 3.82. The Kier molecular flexibility index (Phi) is 6.26. The minimum absolute atomic E-state index is 0.128. The molecule has 172 valence electrons. The summed E-state index contributed by atoms with van der Waals surface area (Å²) < 4.78 is 52.8. The smallest absolute Gasteiger partial charge is 0.255 e. The Morgan fingerprint density at radius 3 is 2.28 bits per heavy atom. The zero-order chi connectivity index (χ0) is 22.9. The molecule has 11 heteroatoms. The Balaban J connectivity index is 1.47. The van der Waals surface area contributed by atoms with Gasteiger partial charge in [0.1, 0.15) is 0 Å². The number of hydrogen-bond donors (Lipinski definition) is 1. The first-order chi connectivity index (χ1) is 15.2. The lowest BCUT2D eigenvalue weighted by Gasteiger charge is -2.31. The molecular weight excluding hydrogens is 452 g/mol. The maximum atomic E-state index is 13.0. The Labute approximate surface area is 188 Å². The van der Waals surface area contributed by atoms with E-state index in [1.54, 1.807) is 36.4 Å². The zero-order valence-corrected chi connectivity index (χ0v) is 19.4. The average molecular weight is 479 g/mol. The molecule has 0 radical (unpaired) electrons. The van der Waals surface area contributed by atoms with Crippen molar-refractivity contribution in [3.8, 4) is 0 Å². The fourth-order valence-corrected chi connectivity index (χ4v) is 6.86. The molecule has 1 N–H and O–H groups in total. The van der Waals surface area contributed by atoms with Crippen molar-refractivity contribution in [1.82, 2.24) is 9.21 Å². The van der Waals surface area contributed by atoms with E-state index in [0.717, 1.165) is 0 Å². The van der Waals surface area contributed by atoms with Crippen molar-refractivity contribution in [2.75, 3.05) is 55.1 Å². The molecular formula is C21H26N4O5S2. The largest absolute Gasteiger partial charge is 0.322 e. The normalized spacial score (nSPS) is 19.7. The van der Waals surface area contributed by atoms with E-state index in [4.69, 9.17) is 0 Å². The summed E-state index contributed by atoms with van der Waals surface area (Å²) in [5.41, 5.74) is 1.24. The number of likely N-dealkylation sites (N-methyl/N-ethyl adjacent to an activating group) is 1. The highest BCUT2D eigenvalue weighted by Crippen LogP contribution is 2.25. The van der Waals surface area contributed by atoms with Gasteiger partial charge in [-0.05, 0) is 55.9 Å². The van der Waals surface area contributed by atoms with Crippen molar-refractivity contribution in [2.24, 2.45) is 0 Å². The number of carbonyl (C=O) groups excluding carboxylic acids is 1. The van der Waals surface area contributed by atoms with Crippen LogP contribution >= 0.6 is 0 Å². The number of amides is 1. The van der Waals surface area contributed by atoms with E-state index < -0.39 is 26.0 Å². The lowest BCUT2D eigenvalue weighted by Crippen LogP contribution is -2.47. The third-order valence-corrected chi connectivity index (χ3v) is 9.47. The van der Waals surface area contributed by atoms with E-state index in [9.17, 15) is 21.6 Å². The Morgan fingerprint density at radius 2 is 1.66 bits per heavy atom. The van der Waals surface area contributed by atoms with E-state index in [0.29, 0.717) is 56.1 Å². The first-order valence-corrected chi connectivity index (χ1v) is 13.4. The summed E-state index contributed by atoms with van der Waals surface area (Å²) in [4.78, 5) is 14.9. The van der Waals surface area contributed by atoms with Crippen LogP contribution in [0.5, 0.6) is 0 Å². The Hall–Kier alpha value is -2.47. The van der Waals surface area contributed by atoms with E-state index in [1.165, 1.54) is 20.7 Å². The van der Waals surface area contributed by atoms with Crippen LogP contribution in [0.1, 0.15) is 16.8 Å². The molecule has 2 aliphatic rings. The van der Waals surface area contributed by atoms with Crippen molar-refractivity contribution in [3.05, 3.63) is 54.1 Å². The van der Waals surface area contributed by atoms with E-state index >= 15 is 0 Å². The van der Waals surface area contributed by atoms with Crippen LogP contribution in [-0.4, -0.2) is 77.5 Å². The van der Waals surface area contributed by atoms with Gasteiger partial charge in [-0.2, -0.15) is 4.31 Å². The number of benzene rings is 2. The number of piperazine rings is 1. The molecule has 0 bridgehead atoms. The van der Waals surface area contributed by atoms with Crippen LogP contribution in [0.25, 0.3) is 0 Å². The van der Waals surface area contributed by atoms with Crippen LogP contribution in [0.3, 0.4) is 0 Å². The highest BCUT2D eigenvalue weighted by molar-refractivity contribution is 7.93. The first-order valence-electron chi connectivity index (χ1n) is 10.4. The molecule has 9 nitrogen and oxygen atoms in total. The number of anilines is 2. The van der Waals surface area contributed by atoms with Crippen molar-refractivity contribution < 1.29 is 21.6 Å². The molecule has 32 heavy (non-hydrogen) atoms. The third-order valence-electron chi connectivity index (χ3n) is 5.71. The summed E-state index contributed by atoms with van der Waals surface area (Å²) in [6, 6.07) is 12.5. The summed E-state index contributed by atoms with van der Waals surface area (Å²) in [6.45, 7) is 2.63. The number of hydrogen-bond acceptors (Lipinski definition) is 6. The van der Waals surface area contributed by atoms with Gasteiger partial charge in [0, 0.05) is 44.0 Å². The van der Waals surface area contributed by atoms with E-state index in [-0.39, 0.29) is 10.6 Å². The van der Waals surface area contributed by atoms with Gasteiger partial charge in [0.05, 0.1) is 16.3 Å². The van der Waals surface area contributed by atoms with Crippen LogP contribution in [0.4, 0.5) is 11.4 Å². The number of sulfonamides is 2. The van der Waals surface area contributed by atoms with Gasteiger partial charge in [-0.3, -0.25) is 9.10 Å². The predicted octanol–water partition coefficient (Wildman–Crippen LogP) is 1.41. The molecule has 1 amide bonds. The fraction of sp³-hybridized carbons (Fsp3) is 0.381. The molecule has 4 rings (SSSR count). The van der Waals surface area contributed by atoms with Gasteiger partial charge in [0.25, 0.3) is 5.91 Å². The van der Waals surface area contributed by atoms with Crippen LogP contribution in [0.2, 0.25) is 0 Å². The second kappa shape index (κ2) is 8.81. The maximum Gasteiger partial charge on any atom is 0.255 e. The number of carbonyl (C=O) groups is 1. The second-order valence-corrected chi connectivity index (χ2v) is 11.9. The number of nitrogens with zero attached hydrogens (tertiary/aromatic N) is 3. The van der Waals surface area contributed by atoms with Crippen LogP contribution in [-0.2, 0) is 20.0 Å². The molecule has 0 aliphatic carbocycles. The SMILES string of the molecule is CN1CCN(S(=O)(=O)c2cccc(NC(=O)c3ccc(N4CCCS4(=O)=O)cc3)c2)CC1. The van der Waals surface area contributed by atoms with E-state index in [2.05, 4.69) is 10.2 Å². The standard InChI is InChI=1S/C21H26N4O5S2/c1-23-11-13-24(14-12-23)32(29,30)20-5-2-4-18(16-20)22-21(26)17-6-8-19(9-7-17)25-10-3-15-31(25,27)28/h2,4-9,16H,3,10-15H2,1H3,(H,22,26). The molecule has 2 heterocycles. The number of nitrogens with one attached hydrogen (secondary N) is 1. The van der Waals surface area contributed by atoms with Crippen LogP contribution in [0.15, 0.2) is 53.4 Å². The van der Waals surface area contributed by atoms with Gasteiger partial charge in [0.15, 0.2) is 0 Å². The molecule has 2 aromatic carbocycles. The van der Waals surface area contributed by atoms with Gasteiger partial charge in [-0.1, -0.05) is 6.07 Å². The monoisotopic (exact) mass is 478 g/mol. The Morgan fingerprint density at radius 1 is 0.969 bits per heavy atom. The summed E-state index contributed by atoms with van der Waals surface area (Å²) >= 11 is 0. The highest BCUT2D eigenvalue weighted by atomic mass is 32.2. The molecule has 2 saturated heterocycles. The lowest BCUT2D eigenvalue weighted by molar-refractivity contribution is 0.102. The van der Waals surface area contributed by atoms with Crippen molar-refractivity contribution >= 4 is 37.3 Å². The van der Waals surface area contributed by atoms with Gasteiger partial charge in [-0.25, -0.2) is 16.8 Å². The quantitative estimate of drug-likeness (QED) is 0.697. The molecule has 2 fully saturated rings. The third kappa shape index (κ3) is 4.65. The summed E-state index contributed by atoms with van der Waals surface area (Å²) in [5, 5.41) is 2.72. The molecule has 2 aliphatic heterocycles. The lowest BCUT2D eigenvalue weighted by atomic mass is 10.2. The molecule has 0 spiro atoms. The van der Waals surface area contributed by atoms with Crippen LogP contribution in [0, 0.1) is 0 Å². The topological polar surface area (TPSA) is 107 Å². The van der Waals surface area contributed by atoms with Crippen LogP contribution < -0.4 is 9.62 Å². The molecule has 0 atom stereocenters. The van der Waals surface area contributed by atoms with Gasteiger partial charge in [0.2, 0.25) is 20.0 Å². The average Bonchev–Trinajstić information content (AvgIpc) is 3.13. The molecule has 0 unspecified atom stereocenters. The van der Waals surface area contributed by atoms with Crippen molar-refractivity contribution in [3.63, 3.8) is 0 Å². The van der Waals surface area contributed by atoms with Crippen molar-refractivity contribution in [1.29, 1.82) is 0 Å².